The fraction of sp³-hybridized carbons (Fsp3) is 0.310. The highest BCUT2D eigenvalue weighted by molar-refractivity contribution is 7.07. The van der Waals surface area contributed by atoms with Crippen LogP contribution in [0, 0.1) is 0 Å². The van der Waals surface area contributed by atoms with E-state index in [1.54, 1.807) is 44.1 Å². The molecule has 0 unspecified atom stereocenters. The standard InChI is InChI=1S/C29H29N3O6S/c1-7-38-28(35)22-16(4)30-29-32(24(22)19-13-12-17(36-5)14-21(19)37-6)27(34)25(39-29)23-18-10-8-9-11-20(18)31(15(2)3)26(23)33/h8-15,24H,7H2,1-6H3/b25-23+/t24-/m1/s1. The van der Waals surface area contributed by atoms with Gasteiger partial charge < -0.3 is 19.1 Å². The summed E-state index contributed by atoms with van der Waals surface area (Å²) in [5.74, 6) is 0.178. The highest BCUT2D eigenvalue weighted by Gasteiger charge is 2.38. The second-order valence-corrected chi connectivity index (χ2v) is 10.4. The van der Waals surface area contributed by atoms with Crippen molar-refractivity contribution in [3.8, 4) is 11.5 Å². The SMILES string of the molecule is CCOC(=O)C1=C(C)N=c2s/c(=C3/C(=O)N(C(C)C)c4ccccc43)c(=O)n2[C@@H]1c1ccc(OC)cc1OC. The smallest absolute Gasteiger partial charge is 0.338 e. The van der Waals surface area contributed by atoms with E-state index < -0.39 is 17.6 Å². The molecular formula is C29H29N3O6S. The van der Waals surface area contributed by atoms with Crippen molar-refractivity contribution < 1.29 is 23.8 Å². The number of carbonyl (C=O) groups is 2. The summed E-state index contributed by atoms with van der Waals surface area (Å²) in [5.41, 5.74) is 2.59. The Labute approximate surface area is 229 Å². The summed E-state index contributed by atoms with van der Waals surface area (Å²) in [6.45, 7) is 7.46. The fourth-order valence-electron chi connectivity index (χ4n) is 5.15. The van der Waals surface area contributed by atoms with Crippen LogP contribution in [-0.4, -0.2) is 43.3 Å². The van der Waals surface area contributed by atoms with Gasteiger partial charge in [0.25, 0.3) is 11.5 Å². The minimum Gasteiger partial charge on any atom is -0.497 e. The number of aromatic nitrogens is 1. The molecule has 3 heterocycles. The van der Waals surface area contributed by atoms with E-state index in [4.69, 9.17) is 14.2 Å². The first-order chi connectivity index (χ1) is 18.7. The normalized spacial score (nSPS) is 17.7. The third-order valence-corrected chi connectivity index (χ3v) is 7.89. The Hall–Kier alpha value is -4.18. The lowest BCUT2D eigenvalue weighted by atomic mass is 9.95. The third-order valence-electron chi connectivity index (χ3n) is 6.84. The number of hydrogen-bond acceptors (Lipinski definition) is 8. The Morgan fingerprint density at radius 3 is 2.51 bits per heavy atom. The van der Waals surface area contributed by atoms with Crippen molar-refractivity contribution in [2.45, 2.75) is 39.8 Å². The molecule has 0 saturated heterocycles. The van der Waals surface area contributed by atoms with Crippen LogP contribution in [0.15, 0.2) is 63.5 Å². The molecular weight excluding hydrogens is 518 g/mol. The van der Waals surface area contributed by atoms with E-state index in [9.17, 15) is 14.4 Å². The van der Waals surface area contributed by atoms with Crippen LogP contribution in [-0.2, 0) is 14.3 Å². The average Bonchev–Trinajstić information content (AvgIpc) is 3.39. The lowest BCUT2D eigenvalue weighted by molar-refractivity contribution is -0.139. The molecule has 2 aromatic carbocycles. The van der Waals surface area contributed by atoms with Crippen LogP contribution in [0.3, 0.4) is 0 Å². The van der Waals surface area contributed by atoms with Gasteiger partial charge in [-0.05, 0) is 45.9 Å². The molecule has 1 aromatic heterocycles. The molecule has 39 heavy (non-hydrogen) atoms. The van der Waals surface area contributed by atoms with Crippen LogP contribution in [0.25, 0.3) is 5.57 Å². The fourth-order valence-corrected chi connectivity index (χ4v) is 6.29. The van der Waals surface area contributed by atoms with Gasteiger partial charge in [-0.15, -0.1) is 0 Å². The number of methoxy groups -OCH3 is 2. The van der Waals surface area contributed by atoms with Gasteiger partial charge in [0.1, 0.15) is 22.1 Å². The molecule has 2 aliphatic heterocycles. The zero-order valence-electron chi connectivity index (χ0n) is 22.6. The molecule has 202 valence electrons. The predicted molar refractivity (Wildman–Crippen MR) is 148 cm³/mol. The maximum Gasteiger partial charge on any atom is 0.338 e. The lowest BCUT2D eigenvalue weighted by Crippen LogP contribution is -2.41. The Balaban J connectivity index is 1.85. The Morgan fingerprint density at radius 2 is 1.85 bits per heavy atom. The van der Waals surface area contributed by atoms with Crippen LogP contribution in [0.2, 0.25) is 0 Å². The van der Waals surface area contributed by atoms with Gasteiger partial charge in [-0.2, -0.15) is 0 Å². The highest BCUT2D eigenvalue weighted by Crippen LogP contribution is 2.39. The number of rotatable bonds is 6. The molecule has 1 atom stereocenters. The van der Waals surface area contributed by atoms with E-state index >= 15 is 0 Å². The van der Waals surface area contributed by atoms with Crippen molar-refractivity contribution in [3.05, 3.63) is 84.5 Å². The summed E-state index contributed by atoms with van der Waals surface area (Å²) >= 11 is 1.14. The molecule has 0 N–H and O–H groups in total. The zero-order valence-corrected chi connectivity index (χ0v) is 23.4. The van der Waals surface area contributed by atoms with Gasteiger partial charge >= 0.3 is 5.97 Å². The predicted octanol–water partition coefficient (Wildman–Crippen LogP) is 2.94. The molecule has 10 heteroatoms. The molecule has 0 spiro atoms. The van der Waals surface area contributed by atoms with Crippen molar-refractivity contribution in [1.82, 2.24) is 4.57 Å². The van der Waals surface area contributed by atoms with Crippen LogP contribution in [0.1, 0.15) is 44.9 Å². The number of thiazole rings is 1. The maximum absolute atomic E-state index is 14.3. The summed E-state index contributed by atoms with van der Waals surface area (Å²) in [6.07, 6.45) is 0. The van der Waals surface area contributed by atoms with Gasteiger partial charge in [0.15, 0.2) is 4.80 Å². The van der Waals surface area contributed by atoms with Crippen molar-refractivity contribution in [2.24, 2.45) is 4.99 Å². The van der Waals surface area contributed by atoms with E-state index in [0.717, 1.165) is 17.0 Å². The first-order valence-corrected chi connectivity index (χ1v) is 13.4. The largest absolute Gasteiger partial charge is 0.497 e. The average molecular weight is 548 g/mol. The van der Waals surface area contributed by atoms with Gasteiger partial charge in [0.05, 0.1) is 43.4 Å². The van der Waals surface area contributed by atoms with Crippen molar-refractivity contribution in [1.29, 1.82) is 0 Å². The topological polar surface area (TPSA) is 99.4 Å². The molecule has 0 aliphatic carbocycles. The molecule has 0 fully saturated rings. The van der Waals surface area contributed by atoms with E-state index in [2.05, 4.69) is 4.99 Å². The van der Waals surface area contributed by atoms with E-state index in [1.807, 2.05) is 38.1 Å². The molecule has 0 radical (unpaired) electrons. The number of esters is 1. The quantitative estimate of drug-likeness (QED) is 0.440. The third kappa shape index (κ3) is 4.15. The summed E-state index contributed by atoms with van der Waals surface area (Å²) in [5, 5.41) is 0. The number of ether oxygens (including phenoxy) is 3. The van der Waals surface area contributed by atoms with Crippen molar-refractivity contribution in [2.75, 3.05) is 25.7 Å². The number of amides is 1. The Kier molecular flexibility index (Phi) is 6.90. The molecule has 1 amide bonds. The van der Waals surface area contributed by atoms with Gasteiger partial charge in [-0.1, -0.05) is 29.5 Å². The minimum atomic E-state index is -0.886. The van der Waals surface area contributed by atoms with Crippen molar-refractivity contribution >= 4 is 34.5 Å². The first-order valence-electron chi connectivity index (χ1n) is 12.6. The summed E-state index contributed by atoms with van der Waals surface area (Å²) in [4.78, 5) is 47.9. The number of hydrogen-bond donors (Lipinski definition) is 0. The number of nitrogens with zero attached hydrogens (tertiary/aromatic N) is 3. The second kappa shape index (κ2) is 10.2. The maximum atomic E-state index is 14.3. The van der Waals surface area contributed by atoms with E-state index in [-0.39, 0.29) is 28.7 Å². The first kappa shape index (κ1) is 26.4. The molecule has 9 nitrogen and oxygen atoms in total. The molecule has 0 bridgehead atoms. The lowest BCUT2D eigenvalue weighted by Gasteiger charge is -2.26. The number of allylic oxidation sites excluding steroid dienone is 1. The Morgan fingerprint density at radius 1 is 1.10 bits per heavy atom. The van der Waals surface area contributed by atoms with Crippen LogP contribution in [0.5, 0.6) is 11.5 Å². The van der Waals surface area contributed by atoms with Gasteiger partial charge in [-0.3, -0.25) is 14.2 Å². The van der Waals surface area contributed by atoms with Crippen molar-refractivity contribution in [3.63, 3.8) is 0 Å². The van der Waals surface area contributed by atoms with E-state index in [0.29, 0.717) is 38.7 Å². The van der Waals surface area contributed by atoms with Gasteiger partial charge in [0, 0.05) is 23.2 Å². The minimum absolute atomic E-state index is 0.103. The molecule has 0 saturated carbocycles. The zero-order chi connectivity index (χ0) is 28.0. The highest BCUT2D eigenvalue weighted by atomic mass is 32.1. The summed E-state index contributed by atoms with van der Waals surface area (Å²) in [7, 11) is 3.06. The van der Waals surface area contributed by atoms with Gasteiger partial charge in [-0.25, -0.2) is 9.79 Å². The Bertz CT molecular complexity index is 1720. The summed E-state index contributed by atoms with van der Waals surface area (Å²) in [6, 6.07) is 11.7. The molecule has 3 aromatic rings. The summed E-state index contributed by atoms with van der Waals surface area (Å²) < 4.78 is 18.1. The molecule has 5 rings (SSSR count). The number of para-hydroxylation sites is 1. The second-order valence-electron chi connectivity index (χ2n) is 9.39. The number of fused-ring (bicyclic) bond motifs is 2. The number of benzene rings is 2. The van der Waals surface area contributed by atoms with Crippen LogP contribution < -0.4 is 29.3 Å². The number of anilines is 1. The van der Waals surface area contributed by atoms with Crippen LogP contribution in [0.4, 0.5) is 5.69 Å². The van der Waals surface area contributed by atoms with Gasteiger partial charge in [0.2, 0.25) is 0 Å². The van der Waals surface area contributed by atoms with E-state index in [1.165, 1.54) is 11.7 Å². The van der Waals surface area contributed by atoms with Crippen LogP contribution >= 0.6 is 11.3 Å². The molecule has 2 aliphatic rings. The number of carbonyl (C=O) groups excluding carboxylic acids is 2. The monoisotopic (exact) mass is 547 g/mol.